The number of hydrogen-bond acceptors (Lipinski definition) is 2. The van der Waals surface area contributed by atoms with Gasteiger partial charge in [0.1, 0.15) is 0 Å². The molecule has 0 spiro atoms. The van der Waals surface area contributed by atoms with Crippen molar-refractivity contribution >= 4 is 5.91 Å². The van der Waals surface area contributed by atoms with E-state index < -0.39 is 0 Å². The minimum atomic E-state index is 0.398. The van der Waals surface area contributed by atoms with Gasteiger partial charge in [0, 0.05) is 31.1 Å². The lowest BCUT2D eigenvalue weighted by Crippen LogP contribution is -2.50. The van der Waals surface area contributed by atoms with E-state index in [4.69, 9.17) is 0 Å². The predicted octanol–water partition coefficient (Wildman–Crippen LogP) is 3.48. The summed E-state index contributed by atoms with van der Waals surface area (Å²) < 4.78 is 0. The second kappa shape index (κ2) is 8.02. The summed E-state index contributed by atoms with van der Waals surface area (Å²) in [5.41, 5.74) is 0. The molecule has 2 heterocycles. The Hall–Kier alpha value is -0.570. The summed E-state index contributed by atoms with van der Waals surface area (Å²) in [6.07, 6.45) is 11.9. The van der Waals surface area contributed by atoms with Crippen LogP contribution < -0.4 is 5.32 Å². The first-order valence-electron chi connectivity index (χ1n) is 8.80. The monoisotopic (exact) mass is 280 g/mol. The minimum Gasteiger partial charge on any atom is -0.340 e. The fourth-order valence-corrected chi connectivity index (χ4v) is 3.94. The number of piperidine rings is 1. The molecule has 3 nitrogen and oxygen atoms in total. The Morgan fingerprint density at radius 2 is 1.70 bits per heavy atom. The van der Waals surface area contributed by atoms with Crippen LogP contribution in [0.25, 0.3) is 0 Å². The molecule has 0 aromatic carbocycles. The van der Waals surface area contributed by atoms with E-state index in [0.29, 0.717) is 24.0 Å². The van der Waals surface area contributed by atoms with Crippen LogP contribution >= 0.6 is 0 Å². The van der Waals surface area contributed by atoms with Crippen molar-refractivity contribution < 1.29 is 4.79 Å². The molecule has 2 fully saturated rings. The molecule has 2 atom stereocenters. The Morgan fingerprint density at radius 1 is 1.05 bits per heavy atom. The van der Waals surface area contributed by atoms with Gasteiger partial charge in [-0.15, -0.1) is 0 Å². The van der Waals surface area contributed by atoms with Crippen LogP contribution in [0.3, 0.4) is 0 Å². The van der Waals surface area contributed by atoms with Crippen LogP contribution in [0, 0.1) is 0 Å². The maximum absolute atomic E-state index is 12.4. The van der Waals surface area contributed by atoms with Crippen molar-refractivity contribution in [1.29, 1.82) is 0 Å². The standard InChI is InChI=1S/C17H32N2O/c1-3-5-6-7-8-9-17(20)19(4-2)16-12-14-10-11-15(13-16)18-14/h14-16,18H,3-13H2,1-2H3. The average molecular weight is 280 g/mol. The molecule has 0 saturated carbocycles. The number of fused-ring (bicyclic) bond motifs is 2. The van der Waals surface area contributed by atoms with Crippen LogP contribution in [-0.4, -0.2) is 35.5 Å². The molecule has 0 radical (unpaired) electrons. The molecule has 2 rings (SSSR count). The molecular formula is C17H32N2O. The molecular weight excluding hydrogens is 248 g/mol. The molecule has 116 valence electrons. The highest BCUT2D eigenvalue weighted by Gasteiger charge is 2.36. The Balaban J connectivity index is 1.74. The van der Waals surface area contributed by atoms with E-state index in [1.165, 1.54) is 51.4 Å². The lowest BCUT2D eigenvalue weighted by atomic mass is 9.97. The van der Waals surface area contributed by atoms with Crippen LogP contribution in [0.15, 0.2) is 0 Å². The van der Waals surface area contributed by atoms with Crippen LogP contribution in [-0.2, 0) is 4.79 Å². The molecule has 20 heavy (non-hydrogen) atoms. The number of nitrogens with one attached hydrogen (secondary N) is 1. The number of rotatable bonds is 8. The van der Waals surface area contributed by atoms with Gasteiger partial charge in [0.05, 0.1) is 0 Å². The van der Waals surface area contributed by atoms with Crippen molar-refractivity contribution in [3.63, 3.8) is 0 Å². The van der Waals surface area contributed by atoms with Crippen molar-refractivity contribution in [3.05, 3.63) is 0 Å². The maximum atomic E-state index is 12.4. The summed E-state index contributed by atoms with van der Waals surface area (Å²) >= 11 is 0. The van der Waals surface area contributed by atoms with Gasteiger partial charge in [-0.3, -0.25) is 4.79 Å². The first-order chi connectivity index (χ1) is 9.74. The number of carbonyl (C=O) groups is 1. The van der Waals surface area contributed by atoms with Gasteiger partial charge in [-0.2, -0.15) is 0 Å². The van der Waals surface area contributed by atoms with Crippen LogP contribution in [0.4, 0.5) is 0 Å². The first-order valence-corrected chi connectivity index (χ1v) is 8.80. The summed E-state index contributed by atoms with van der Waals surface area (Å²) in [5, 5.41) is 3.67. The Bertz CT molecular complexity index is 293. The van der Waals surface area contributed by atoms with Gasteiger partial charge in [0.25, 0.3) is 0 Å². The Morgan fingerprint density at radius 3 is 2.30 bits per heavy atom. The SMILES string of the molecule is CCCCCCCC(=O)N(CC)C1CC2CCC(C1)N2. The van der Waals surface area contributed by atoms with Gasteiger partial charge < -0.3 is 10.2 Å². The maximum Gasteiger partial charge on any atom is 0.222 e. The van der Waals surface area contributed by atoms with Crippen molar-refractivity contribution in [2.24, 2.45) is 0 Å². The normalized spacial score (nSPS) is 28.6. The summed E-state index contributed by atoms with van der Waals surface area (Å²) in [4.78, 5) is 14.6. The van der Waals surface area contributed by atoms with E-state index in [9.17, 15) is 4.79 Å². The number of unbranched alkanes of at least 4 members (excludes halogenated alkanes) is 4. The smallest absolute Gasteiger partial charge is 0.222 e. The fourth-order valence-electron chi connectivity index (χ4n) is 3.94. The molecule has 1 amide bonds. The molecule has 2 unspecified atom stereocenters. The summed E-state index contributed by atoms with van der Waals surface area (Å²) in [6, 6.07) is 1.84. The first kappa shape index (κ1) is 15.8. The van der Waals surface area contributed by atoms with Gasteiger partial charge in [-0.1, -0.05) is 32.6 Å². The van der Waals surface area contributed by atoms with Gasteiger partial charge in [-0.25, -0.2) is 0 Å². The highest BCUT2D eigenvalue weighted by molar-refractivity contribution is 5.76. The zero-order valence-electron chi connectivity index (χ0n) is 13.4. The fraction of sp³-hybridized carbons (Fsp3) is 0.941. The lowest BCUT2D eigenvalue weighted by Gasteiger charge is -2.37. The largest absolute Gasteiger partial charge is 0.340 e. The molecule has 1 N–H and O–H groups in total. The highest BCUT2D eigenvalue weighted by Crippen LogP contribution is 2.30. The van der Waals surface area contributed by atoms with E-state index >= 15 is 0 Å². The third kappa shape index (κ3) is 4.21. The third-order valence-corrected chi connectivity index (χ3v) is 5.04. The molecule has 2 aliphatic heterocycles. The van der Waals surface area contributed by atoms with Crippen molar-refractivity contribution in [1.82, 2.24) is 10.2 Å². The number of amides is 1. The van der Waals surface area contributed by atoms with Crippen LogP contribution in [0.2, 0.25) is 0 Å². The zero-order chi connectivity index (χ0) is 14.4. The van der Waals surface area contributed by atoms with Crippen LogP contribution in [0.1, 0.15) is 78.1 Å². The van der Waals surface area contributed by atoms with Gasteiger partial charge in [0.15, 0.2) is 0 Å². The lowest BCUT2D eigenvalue weighted by molar-refractivity contribution is -0.134. The van der Waals surface area contributed by atoms with Crippen molar-refractivity contribution in [2.75, 3.05) is 6.54 Å². The number of carbonyl (C=O) groups excluding carboxylic acids is 1. The number of nitrogens with zero attached hydrogens (tertiary/aromatic N) is 1. The third-order valence-electron chi connectivity index (χ3n) is 5.04. The predicted molar refractivity (Wildman–Crippen MR) is 83.7 cm³/mol. The van der Waals surface area contributed by atoms with Gasteiger partial charge >= 0.3 is 0 Å². The van der Waals surface area contributed by atoms with E-state index in [2.05, 4.69) is 24.1 Å². The molecule has 3 heteroatoms. The van der Waals surface area contributed by atoms with E-state index in [0.717, 1.165) is 19.4 Å². The second-order valence-corrected chi connectivity index (χ2v) is 6.61. The van der Waals surface area contributed by atoms with Crippen LogP contribution in [0.5, 0.6) is 0 Å². The molecule has 2 bridgehead atoms. The van der Waals surface area contributed by atoms with Gasteiger partial charge in [-0.05, 0) is 39.0 Å². The van der Waals surface area contributed by atoms with Crippen molar-refractivity contribution in [2.45, 2.75) is 96.2 Å². The summed E-state index contributed by atoms with van der Waals surface area (Å²) in [7, 11) is 0. The topological polar surface area (TPSA) is 32.3 Å². The highest BCUT2D eigenvalue weighted by atomic mass is 16.2. The zero-order valence-corrected chi connectivity index (χ0v) is 13.4. The number of hydrogen-bond donors (Lipinski definition) is 1. The van der Waals surface area contributed by atoms with E-state index in [1.807, 2.05) is 0 Å². The Labute approximate surface area is 124 Å². The molecule has 2 saturated heterocycles. The van der Waals surface area contributed by atoms with Gasteiger partial charge in [0.2, 0.25) is 5.91 Å². The second-order valence-electron chi connectivity index (χ2n) is 6.61. The van der Waals surface area contributed by atoms with Crippen molar-refractivity contribution in [3.8, 4) is 0 Å². The molecule has 0 aliphatic carbocycles. The van der Waals surface area contributed by atoms with E-state index in [1.54, 1.807) is 0 Å². The minimum absolute atomic E-state index is 0.398. The van der Waals surface area contributed by atoms with E-state index in [-0.39, 0.29) is 0 Å². The average Bonchev–Trinajstić information content (AvgIpc) is 2.78. The Kier molecular flexibility index (Phi) is 6.34. The summed E-state index contributed by atoms with van der Waals surface area (Å²) in [6.45, 7) is 5.26. The molecule has 0 aromatic rings. The molecule has 0 aromatic heterocycles. The summed E-state index contributed by atoms with van der Waals surface area (Å²) in [5.74, 6) is 0.398. The quantitative estimate of drug-likeness (QED) is 0.690. The molecule has 2 aliphatic rings.